The highest BCUT2D eigenvalue weighted by molar-refractivity contribution is 5.94. The van der Waals surface area contributed by atoms with Crippen molar-refractivity contribution in [2.24, 2.45) is 0 Å². The molecule has 2 amide bonds. The molecule has 1 atom stereocenters. The summed E-state index contributed by atoms with van der Waals surface area (Å²) < 4.78 is 11.2. The molecule has 0 saturated carbocycles. The first-order chi connectivity index (χ1) is 19.2. The van der Waals surface area contributed by atoms with Crippen LogP contribution >= 0.6 is 0 Å². The molecule has 2 aromatic rings. The minimum Gasteiger partial charge on any atom is -0.478 e. The van der Waals surface area contributed by atoms with Crippen LogP contribution in [0.2, 0.25) is 0 Å². The summed E-state index contributed by atoms with van der Waals surface area (Å²) in [6, 6.07) is 6.92. The van der Waals surface area contributed by atoms with Crippen molar-refractivity contribution in [3.8, 4) is 0 Å². The molecule has 0 spiro atoms. The minimum atomic E-state index is -1.52. The van der Waals surface area contributed by atoms with E-state index in [4.69, 9.17) is 15.2 Å². The van der Waals surface area contributed by atoms with Crippen molar-refractivity contribution in [1.29, 1.82) is 0 Å². The Morgan fingerprint density at radius 3 is 2.05 bits per heavy atom. The van der Waals surface area contributed by atoms with E-state index in [0.717, 1.165) is 12.1 Å². The fourth-order valence-electron chi connectivity index (χ4n) is 4.08. The number of nitro groups is 1. The quantitative estimate of drug-likeness (QED) is 0.193. The third-order valence-corrected chi connectivity index (χ3v) is 6.11. The van der Waals surface area contributed by atoms with Gasteiger partial charge in [-0.1, -0.05) is 12.1 Å². The van der Waals surface area contributed by atoms with Crippen molar-refractivity contribution in [3.63, 3.8) is 0 Å². The number of nitrogen functional groups attached to an aromatic ring is 1. The molecule has 0 aliphatic carbocycles. The van der Waals surface area contributed by atoms with Gasteiger partial charge in [0, 0.05) is 38.8 Å². The molecule has 0 bridgehead atoms. The number of carbonyl (C=O) groups excluding carboxylic acids is 2. The van der Waals surface area contributed by atoms with E-state index >= 15 is 0 Å². The van der Waals surface area contributed by atoms with Crippen molar-refractivity contribution in [2.75, 3.05) is 19.8 Å². The Hall–Kier alpha value is -4.88. The number of amides is 2. The fraction of sp³-hybridized carbons (Fsp3) is 0.429. The molecule has 4 N–H and O–H groups in total. The number of hydrogen-bond donors (Lipinski definition) is 3. The van der Waals surface area contributed by atoms with Gasteiger partial charge in [-0.2, -0.15) is 0 Å². The van der Waals surface area contributed by atoms with Crippen molar-refractivity contribution in [1.82, 2.24) is 9.80 Å². The van der Waals surface area contributed by atoms with Gasteiger partial charge in [0.15, 0.2) is 0 Å². The highest BCUT2D eigenvalue weighted by Gasteiger charge is 2.36. The van der Waals surface area contributed by atoms with E-state index in [2.05, 4.69) is 0 Å². The van der Waals surface area contributed by atoms with Crippen LogP contribution in [0, 0.1) is 10.1 Å². The molecule has 14 heteroatoms. The van der Waals surface area contributed by atoms with Gasteiger partial charge in [-0.3, -0.25) is 10.1 Å². The van der Waals surface area contributed by atoms with Gasteiger partial charge in [0.2, 0.25) is 0 Å². The summed E-state index contributed by atoms with van der Waals surface area (Å²) >= 11 is 0. The van der Waals surface area contributed by atoms with E-state index in [1.165, 1.54) is 42.1 Å². The number of benzene rings is 2. The number of nitro benzene ring substituents is 1. The van der Waals surface area contributed by atoms with Crippen LogP contribution < -0.4 is 5.73 Å². The van der Waals surface area contributed by atoms with Gasteiger partial charge in [0.25, 0.3) is 5.69 Å². The number of rotatable bonds is 10. The Kier molecular flexibility index (Phi) is 10.1. The Bertz CT molecular complexity index is 1380. The molecule has 1 unspecified atom stereocenters. The lowest BCUT2D eigenvalue weighted by Crippen LogP contribution is -2.42. The molecule has 42 heavy (non-hydrogen) atoms. The summed E-state index contributed by atoms with van der Waals surface area (Å²) in [4.78, 5) is 62.2. The smallest absolute Gasteiger partial charge is 0.410 e. The zero-order valence-corrected chi connectivity index (χ0v) is 24.5. The first kappa shape index (κ1) is 33.3. The van der Waals surface area contributed by atoms with Gasteiger partial charge >= 0.3 is 24.1 Å². The van der Waals surface area contributed by atoms with Crippen LogP contribution in [0.15, 0.2) is 36.4 Å². The van der Waals surface area contributed by atoms with E-state index < -0.39 is 57.5 Å². The first-order valence-corrected chi connectivity index (χ1v) is 12.8. The lowest BCUT2D eigenvalue weighted by atomic mass is 9.91. The summed E-state index contributed by atoms with van der Waals surface area (Å²) in [5, 5.41) is 30.3. The molecule has 2 rings (SSSR count). The van der Waals surface area contributed by atoms with Crippen molar-refractivity contribution in [2.45, 2.75) is 64.8 Å². The van der Waals surface area contributed by atoms with Crippen LogP contribution in [0.1, 0.15) is 78.9 Å². The van der Waals surface area contributed by atoms with E-state index in [1.54, 1.807) is 40.7 Å². The summed E-state index contributed by atoms with van der Waals surface area (Å²) in [6.45, 7) is 8.19. The maximum Gasteiger partial charge on any atom is 0.410 e. The third-order valence-electron chi connectivity index (χ3n) is 6.11. The summed E-state index contributed by atoms with van der Waals surface area (Å²) in [6.07, 6.45) is -1.56. The zero-order chi connectivity index (χ0) is 32.2. The Balaban J connectivity index is 2.38. The predicted octanol–water partition coefficient (Wildman–Crippen LogP) is 4.92. The van der Waals surface area contributed by atoms with Crippen molar-refractivity contribution >= 4 is 35.5 Å². The second-order valence-corrected chi connectivity index (χ2v) is 11.4. The first-order valence-electron chi connectivity index (χ1n) is 12.8. The standard InChI is InChI=1S/C28H36N4O10/c1-27(2,3)41-26(38)31(7)22(17-9-11-21(32(39)40)19(13-17)24(35)36)14-28(4,5)42-25(37)30(6)15-16-8-10-20(29)18(12-16)23(33)34/h8-13,22H,14-15,29H2,1-7H3,(H,33,34)(H,35,36). The molecule has 0 saturated heterocycles. The Morgan fingerprint density at radius 1 is 0.929 bits per heavy atom. The van der Waals surface area contributed by atoms with E-state index in [0.29, 0.717) is 5.56 Å². The number of hydrogen-bond acceptors (Lipinski definition) is 9. The number of ether oxygens (including phenoxy) is 2. The van der Waals surface area contributed by atoms with Crippen LogP contribution in [-0.2, 0) is 16.0 Å². The number of nitrogens with two attached hydrogens (primary N) is 1. The molecule has 0 aliphatic heterocycles. The second-order valence-electron chi connectivity index (χ2n) is 11.4. The van der Waals surface area contributed by atoms with Crippen molar-refractivity contribution in [3.05, 3.63) is 68.8 Å². The largest absolute Gasteiger partial charge is 0.478 e. The van der Waals surface area contributed by atoms with E-state index in [9.17, 15) is 39.5 Å². The molecule has 0 aliphatic rings. The predicted molar refractivity (Wildman–Crippen MR) is 151 cm³/mol. The molecule has 0 radical (unpaired) electrons. The number of nitrogens with zero attached hydrogens (tertiary/aromatic N) is 3. The maximum absolute atomic E-state index is 13.0. The monoisotopic (exact) mass is 588 g/mol. The number of aromatic carboxylic acids is 2. The summed E-state index contributed by atoms with van der Waals surface area (Å²) in [5.74, 6) is -2.73. The van der Waals surface area contributed by atoms with Gasteiger partial charge < -0.3 is 35.2 Å². The van der Waals surface area contributed by atoms with Gasteiger partial charge in [0.05, 0.1) is 16.5 Å². The van der Waals surface area contributed by atoms with E-state index in [-0.39, 0.29) is 29.8 Å². The number of carboxylic acid groups (broad SMARTS) is 2. The molecule has 14 nitrogen and oxygen atoms in total. The van der Waals surface area contributed by atoms with Gasteiger partial charge in [-0.15, -0.1) is 0 Å². The molecular weight excluding hydrogens is 552 g/mol. The average molecular weight is 589 g/mol. The van der Waals surface area contributed by atoms with Gasteiger partial charge in [0.1, 0.15) is 16.8 Å². The summed E-state index contributed by atoms with van der Waals surface area (Å²) in [7, 11) is 2.88. The topological polar surface area (TPSA) is 203 Å². The SMILES string of the molecule is CN(Cc1ccc(N)c(C(=O)O)c1)C(=O)OC(C)(C)CC(c1ccc([N+](=O)[O-])c(C(=O)O)c1)N(C)C(=O)OC(C)(C)C. The van der Waals surface area contributed by atoms with Crippen LogP contribution in [0.5, 0.6) is 0 Å². The highest BCUT2D eigenvalue weighted by Crippen LogP contribution is 2.34. The number of carbonyl (C=O) groups is 4. The average Bonchev–Trinajstić information content (AvgIpc) is 2.86. The Morgan fingerprint density at radius 2 is 1.52 bits per heavy atom. The van der Waals surface area contributed by atoms with Gasteiger partial charge in [-0.05, 0) is 63.9 Å². The van der Waals surface area contributed by atoms with Gasteiger partial charge in [-0.25, -0.2) is 19.2 Å². The lowest BCUT2D eigenvalue weighted by Gasteiger charge is -2.36. The Labute approximate surface area is 242 Å². The molecule has 0 aromatic heterocycles. The highest BCUT2D eigenvalue weighted by atomic mass is 16.6. The zero-order valence-electron chi connectivity index (χ0n) is 24.5. The normalized spacial score (nSPS) is 12.2. The molecule has 228 valence electrons. The van der Waals surface area contributed by atoms with Crippen molar-refractivity contribution < 1.29 is 43.8 Å². The van der Waals surface area contributed by atoms with Crippen LogP contribution in [0.4, 0.5) is 21.0 Å². The van der Waals surface area contributed by atoms with Crippen LogP contribution in [0.25, 0.3) is 0 Å². The lowest BCUT2D eigenvalue weighted by molar-refractivity contribution is -0.385. The molecule has 0 heterocycles. The minimum absolute atomic E-state index is 0.00103. The molecule has 0 fully saturated rings. The maximum atomic E-state index is 13.0. The van der Waals surface area contributed by atoms with E-state index in [1.807, 2.05) is 0 Å². The molecule has 2 aromatic carbocycles. The third kappa shape index (κ3) is 8.81. The summed E-state index contributed by atoms with van der Waals surface area (Å²) in [5.41, 5.74) is 3.10. The molecular formula is C28H36N4O10. The number of anilines is 1. The number of carboxylic acids is 2. The second kappa shape index (κ2) is 12.7. The fourth-order valence-corrected chi connectivity index (χ4v) is 4.08. The van der Waals surface area contributed by atoms with Crippen LogP contribution in [-0.4, -0.2) is 74.4 Å². The van der Waals surface area contributed by atoms with Crippen LogP contribution in [0.3, 0.4) is 0 Å².